The third-order valence-electron chi connectivity index (χ3n) is 3.59. The summed E-state index contributed by atoms with van der Waals surface area (Å²) in [6, 6.07) is 5.51. The van der Waals surface area contributed by atoms with Gasteiger partial charge >= 0.3 is 0 Å². The number of methoxy groups -OCH3 is 1. The van der Waals surface area contributed by atoms with Crippen molar-refractivity contribution < 1.29 is 13.7 Å². The lowest BCUT2D eigenvalue weighted by Gasteiger charge is -2.12. The maximum atomic E-state index is 12.1. The van der Waals surface area contributed by atoms with Crippen molar-refractivity contribution in [1.29, 1.82) is 0 Å². The standard InChI is InChI=1S/C15H20ClNO3S/c1-20-13-7-6-11(14(16)8-13)9-21(19)10-15(18)17-12-4-2-3-5-12/h6-8,12H,2-5,9-10H2,1H3,(H,17,18). The Hall–Kier alpha value is -1.07. The molecule has 21 heavy (non-hydrogen) atoms. The molecule has 1 unspecified atom stereocenters. The Morgan fingerprint density at radius 3 is 2.76 bits per heavy atom. The van der Waals surface area contributed by atoms with Gasteiger partial charge in [0.05, 0.1) is 12.9 Å². The van der Waals surface area contributed by atoms with E-state index in [1.165, 1.54) is 0 Å². The number of carbonyl (C=O) groups is 1. The number of hydrogen-bond donors (Lipinski definition) is 1. The Morgan fingerprint density at radius 2 is 2.14 bits per heavy atom. The van der Waals surface area contributed by atoms with E-state index in [-0.39, 0.29) is 23.5 Å². The van der Waals surface area contributed by atoms with E-state index in [1.807, 2.05) is 0 Å². The lowest BCUT2D eigenvalue weighted by atomic mass is 10.2. The van der Waals surface area contributed by atoms with Gasteiger partial charge in [-0.2, -0.15) is 0 Å². The second kappa shape index (κ2) is 7.80. The molecule has 1 atom stereocenters. The van der Waals surface area contributed by atoms with Crippen LogP contribution >= 0.6 is 11.6 Å². The summed E-state index contributed by atoms with van der Waals surface area (Å²) in [5.74, 6) is 0.832. The molecular weight excluding hydrogens is 310 g/mol. The van der Waals surface area contributed by atoms with Gasteiger partial charge in [-0.15, -0.1) is 0 Å². The zero-order valence-electron chi connectivity index (χ0n) is 12.1. The van der Waals surface area contributed by atoms with Gasteiger partial charge in [0.2, 0.25) is 5.91 Å². The van der Waals surface area contributed by atoms with Crippen molar-refractivity contribution in [1.82, 2.24) is 5.32 Å². The highest BCUT2D eigenvalue weighted by Crippen LogP contribution is 2.23. The average molecular weight is 330 g/mol. The van der Waals surface area contributed by atoms with Crippen LogP contribution in [0.3, 0.4) is 0 Å². The molecule has 1 N–H and O–H groups in total. The van der Waals surface area contributed by atoms with E-state index in [0.29, 0.717) is 10.8 Å². The van der Waals surface area contributed by atoms with Gasteiger partial charge in [0, 0.05) is 21.9 Å². The highest BCUT2D eigenvalue weighted by molar-refractivity contribution is 7.84. The molecule has 0 saturated heterocycles. The van der Waals surface area contributed by atoms with Gasteiger partial charge in [-0.25, -0.2) is 0 Å². The Labute approximate surface area is 132 Å². The van der Waals surface area contributed by atoms with Crippen LogP contribution in [-0.4, -0.2) is 29.0 Å². The first-order valence-corrected chi connectivity index (χ1v) is 8.92. The lowest BCUT2D eigenvalue weighted by Crippen LogP contribution is -2.35. The molecule has 0 aliphatic heterocycles. The van der Waals surface area contributed by atoms with Crippen molar-refractivity contribution in [2.24, 2.45) is 0 Å². The van der Waals surface area contributed by atoms with Crippen LogP contribution in [0, 0.1) is 0 Å². The van der Waals surface area contributed by atoms with E-state index in [2.05, 4.69) is 5.32 Å². The van der Waals surface area contributed by atoms with Crippen LogP contribution in [0.1, 0.15) is 31.2 Å². The summed E-state index contributed by atoms with van der Waals surface area (Å²) in [4.78, 5) is 11.8. The number of halogens is 1. The SMILES string of the molecule is COc1ccc(CS(=O)CC(=O)NC2CCCC2)c(Cl)c1. The smallest absolute Gasteiger partial charge is 0.232 e. The molecule has 0 radical (unpaired) electrons. The van der Waals surface area contributed by atoms with Crippen LogP contribution in [-0.2, 0) is 21.3 Å². The Morgan fingerprint density at radius 1 is 1.43 bits per heavy atom. The number of amides is 1. The molecular formula is C15H20ClNO3S. The Bertz CT molecular complexity index is 530. The summed E-state index contributed by atoms with van der Waals surface area (Å²) in [6.45, 7) is 0. The number of ether oxygens (including phenoxy) is 1. The number of hydrogen-bond acceptors (Lipinski definition) is 3. The lowest BCUT2D eigenvalue weighted by molar-refractivity contribution is -0.119. The molecule has 1 fully saturated rings. The molecule has 4 nitrogen and oxygen atoms in total. The van der Waals surface area contributed by atoms with Crippen LogP contribution in [0.25, 0.3) is 0 Å². The van der Waals surface area contributed by atoms with E-state index >= 15 is 0 Å². The first-order chi connectivity index (χ1) is 10.1. The maximum absolute atomic E-state index is 12.1. The van der Waals surface area contributed by atoms with E-state index in [4.69, 9.17) is 16.3 Å². The number of nitrogens with one attached hydrogen (secondary N) is 1. The first kappa shape index (κ1) is 16.3. The molecule has 1 aliphatic carbocycles. The minimum atomic E-state index is -1.26. The predicted molar refractivity (Wildman–Crippen MR) is 85.1 cm³/mol. The highest BCUT2D eigenvalue weighted by Gasteiger charge is 2.18. The fourth-order valence-electron chi connectivity index (χ4n) is 2.48. The van der Waals surface area contributed by atoms with Gasteiger partial charge in [0.25, 0.3) is 0 Å². The first-order valence-electron chi connectivity index (χ1n) is 7.05. The fraction of sp³-hybridized carbons (Fsp3) is 0.533. The summed E-state index contributed by atoms with van der Waals surface area (Å²) in [7, 11) is 0.309. The highest BCUT2D eigenvalue weighted by atomic mass is 35.5. The minimum absolute atomic E-state index is 0.0266. The van der Waals surface area contributed by atoms with Gasteiger partial charge < -0.3 is 10.1 Å². The largest absolute Gasteiger partial charge is 0.497 e. The molecule has 0 bridgehead atoms. The van der Waals surface area contributed by atoms with E-state index in [1.54, 1.807) is 25.3 Å². The molecule has 0 aromatic heterocycles. The predicted octanol–water partition coefficient (Wildman–Crippen LogP) is 2.66. The summed E-state index contributed by atoms with van der Waals surface area (Å²) < 4.78 is 17.1. The van der Waals surface area contributed by atoms with Crippen LogP contribution in [0.5, 0.6) is 5.75 Å². The van der Waals surface area contributed by atoms with Gasteiger partial charge in [0.1, 0.15) is 11.5 Å². The van der Waals surface area contributed by atoms with E-state index in [0.717, 1.165) is 31.2 Å². The van der Waals surface area contributed by atoms with E-state index < -0.39 is 10.8 Å². The Balaban J connectivity index is 1.84. The average Bonchev–Trinajstić information content (AvgIpc) is 2.93. The quantitative estimate of drug-likeness (QED) is 0.873. The molecule has 6 heteroatoms. The molecule has 0 spiro atoms. The summed E-state index contributed by atoms with van der Waals surface area (Å²) >= 11 is 6.11. The minimum Gasteiger partial charge on any atom is -0.497 e. The normalized spacial score (nSPS) is 16.7. The third kappa shape index (κ3) is 5.00. The van der Waals surface area contributed by atoms with Crippen LogP contribution in [0.15, 0.2) is 18.2 Å². The molecule has 116 valence electrons. The second-order valence-electron chi connectivity index (χ2n) is 5.23. The van der Waals surface area contributed by atoms with Gasteiger partial charge in [-0.3, -0.25) is 9.00 Å². The maximum Gasteiger partial charge on any atom is 0.232 e. The molecule has 1 aromatic rings. The van der Waals surface area contributed by atoms with Gasteiger partial charge in [-0.05, 0) is 30.5 Å². The van der Waals surface area contributed by atoms with Crippen molar-refractivity contribution in [3.63, 3.8) is 0 Å². The van der Waals surface area contributed by atoms with Crippen LogP contribution < -0.4 is 10.1 Å². The number of benzene rings is 1. The Kier molecular flexibility index (Phi) is 6.06. The van der Waals surface area contributed by atoms with Crippen molar-refractivity contribution in [3.05, 3.63) is 28.8 Å². The van der Waals surface area contributed by atoms with Crippen LogP contribution in [0.4, 0.5) is 0 Å². The number of rotatable bonds is 6. The molecule has 1 aromatic carbocycles. The summed E-state index contributed by atoms with van der Waals surface area (Å²) in [5.41, 5.74) is 0.768. The summed E-state index contributed by atoms with van der Waals surface area (Å²) in [5, 5.41) is 3.46. The second-order valence-corrected chi connectivity index (χ2v) is 7.10. The monoisotopic (exact) mass is 329 g/mol. The molecule has 1 amide bonds. The van der Waals surface area contributed by atoms with Crippen molar-refractivity contribution in [2.45, 2.75) is 37.5 Å². The van der Waals surface area contributed by atoms with Crippen LogP contribution in [0.2, 0.25) is 5.02 Å². The van der Waals surface area contributed by atoms with E-state index in [9.17, 15) is 9.00 Å². The zero-order valence-corrected chi connectivity index (χ0v) is 13.6. The third-order valence-corrected chi connectivity index (χ3v) is 5.16. The van der Waals surface area contributed by atoms with Gasteiger partial charge in [0.15, 0.2) is 0 Å². The molecule has 1 aliphatic rings. The van der Waals surface area contributed by atoms with Crippen molar-refractivity contribution >= 4 is 28.3 Å². The van der Waals surface area contributed by atoms with Gasteiger partial charge in [-0.1, -0.05) is 30.5 Å². The topological polar surface area (TPSA) is 55.4 Å². The molecule has 1 saturated carbocycles. The van der Waals surface area contributed by atoms with Crippen molar-refractivity contribution in [2.75, 3.05) is 12.9 Å². The number of carbonyl (C=O) groups excluding carboxylic acids is 1. The molecule has 2 rings (SSSR count). The molecule has 0 heterocycles. The fourth-order valence-corrected chi connectivity index (χ4v) is 3.88. The summed E-state index contributed by atoms with van der Waals surface area (Å²) in [6.07, 6.45) is 4.39. The van der Waals surface area contributed by atoms with Crippen molar-refractivity contribution in [3.8, 4) is 5.75 Å². The zero-order chi connectivity index (χ0) is 15.2.